The summed E-state index contributed by atoms with van der Waals surface area (Å²) in [5.41, 5.74) is -0.297. The Bertz CT molecular complexity index is 562. The third kappa shape index (κ3) is 2.84. The summed E-state index contributed by atoms with van der Waals surface area (Å²) in [5.74, 6) is 2.59. The standard InChI is InChI=1S/C19H34O4Si2/c1-17(2)22-18-9-13-10-19(18,23-17)12-14(11-18)16(21-25(6,7)8)15(13)20-24(3,4)5/h13-14H,9-12H2,1-8H3. The molecule has 2 saturated carbocycles. The predicted octanol–water partition coefficient (Wildman–Crippen LogP) is 5.00. The Kier molecular flexibility index (Phi) is 3.57. The van der Waals surface area contributed by atoms with E-state index in [0.29, 0.717) is 11.8 Å². The van der Waals surface area contributed by atoms with Crippen molar-refractivity contribution in [1.29, 1.82) is 0 Å². The van der Waals surface area contributed by atoms with Gasteiger partial charge in [0.1, 0.15) is 22.7 Å². The van der Waals surface area contributed by atoms with E-state index in [9.17, 15) is 0 Å². The summed E-state index contributed by atoms with van der Waals surface area (Å²) in [5, 5.41) is 0. The lowest BCUT2D eigenvalue weighted by atomic mass is 9.90. The molecular weight excluding hydrogens is 348 g/mol. The van der Waals surface area contributed by atoms with Crippen molar-refractivity contribution < 1.29 is 18.3 Å². The zero-order valence-electron chi connectivity index (χ0n) is 17.1. The Hall–Kier alpha value is -0.306. The molecule has 1 aliphatic heterocycles. The van der Waals surface area contributed by atoms with E-state index in [-0.39, 0.29) is 11.2 Å². The van der Waals surface area contributed by atoms with Crippen LogP contribution in [0.5, 0.6) is 0 Å². The minimum absolute atomic E-state index is 0.148. The fraction of sp³-hybridized carbons (Fsp3) is 0.895. The van der Waals surface area contributed by atoms with Crippen LogP contribution in [-0.4, -0.2) is 33.6 Å². The molecule has 3 fully saturated rings. The first kappa shape index (κ1) is 18.1. The number of allylic oxidation sites excluding steroid dienone is 2. The molecule has 142 valence electrons. The van der Waals surface area contributed by atoms with Crippen LogP contribution in [0.25, 0.3) is 0 Å². The first-order chi connectivity index (χ1) is 11.2. The molecule has 5 aliphatic rings. The van der Waals surface area contributed by atoms with Gasteiger partial charge in [-0.25, -0.2) is 0 Å². The van der Waals surface area contributed by atoms with Gasteiger partial charge in [-0.2, -0.15) is 0 Å². The number of ether oxygens (including phenoxy) is 2. The van der Waals surface area contributed by atoms with Crippen molar-refractivity contribution in [3.63, 3.8) is 0 Å². The highest BCUT2D eigenvalue weighted by Crippen LogP contribution is 2.69. The van der Waals surface area contributed by atoms with Crippen LogP contribution in [0.4, 0.5) is 0 Å². The molecule has 0 aromatic rings. The van der Waals surface area contributed by atoms with Gasteiger partial charge >= 0.3 is 0 Å². The summed E-state index contributed by atoms with van der Waals surface area (Å²) in [6, 6.07) is 0. The normalized spacial score (nSPS) is 41.9. The first-order valence-corrected chi connectivity index (χ1v) is 16.6. The van der Waals surface area contributed by atoms with Gasteiger partial charge < -0.3 is 18.3 Å². The second-order valence-electron chi connectivity index (χ2n) is 11.0. The van der Waals surface area contributed by atoms with Crippen molar-refractivity contribution in [2.24, 2.45) is 11.8 Å². The van der Waals surface area contributed by atoms with Crippen LogP contribution >= 0.6 is 0 Å². The van der Waals surface area contributed by atoms with Gasteiger partial charge in [-0.05, 0) is 78.8 Å². The van der Waals surface area contributed by atoms with Crippen LogP contribution < -0.4 is 0 Å². The molecule has 0 amide bonds. The van der Waals surface area contributed by atoms with Crippen molar-refractivity contribution in [2.45, 2.75) is 95.8 Å². The fourth-order valence-electron chi connectivity index (χ4n) is 5.66. The molecule has 2 spiro atoms. The second kappa shape index (κ2) is 4.94. The smallest absolute Gasteiger partial charge is 0.241 e. The topological polar surface area (TPSA) is 36.9 Å². The predicted molar refractivity (Wildman–Crippen MR) is 103 cm³/mol. The van der Waals surface area contributed by atoms with Crippen LogP contribution in [0.15, 0.2) is 11.5 Å². The average Bonchev–Trinajstić information content (AvgIpc) is 2.77. The Balaban J connectivity index is 1.76. The Morgan fingerprint density at radius 1 is 0.720 bits per heavy atom. The van der Waals surface area contributed by atoms with Gasteiger partial charge in [0.2, 0.25) is 16.6 Å². The summed E-state index contributed by atoms with van der Waals surface area (Å²) >= 11 is 0. The van der Waals surface area contributed by atoms with Crippen molar-refractivity contribution in [3.05, 3.63) is 11.5 Å². The van der Waals surface area contributed by atoms with Gasteiger partial charge in [0.15, 0.2) is 5.79 Å². The zero-order chi connectivity index (χ0) is 18.5. The highest BCUT2D eigenvalue weighted by molar-refractivity contribution is 6.70. The average molecular weight is 383 g/mol. The first-order valence-electron chi connectivity index (χ1n) is 9.76. The summed E-state index contributed by atoms with van der Waals surface area (Å²) in [6.07, 6.45) is 4.08. The van der Waals surface area contributed by atoms with Gasteiger partial charge in [0.25, 0.3) is 0 Å². The lowest BCUT2D eigenvalue weighted by Crippen LogP contribution is -2.41. The van der Waals surface area contributed by atoms with Gasteiger partial charge in [-0.1, -0.05) is 0 Å². The zero-order valence-corrected chi connectivity index (χ0v) is 19.1. The molecule has 0 N–H and O–H groups in total. The number of hydrogen-bond donors (Lipinski definition) is 0. The third-order valence-corrected chi connectivity index (χ3v) is 7.50. The maximum absolute atomic E-state index is 6.66. The van der Waals surface area contributed by atoms with E-state index in [1.165, 1.54) is 0 Å². The lowest BCUT2D eigenvalue weighted by molar-refractivity contribution is -0.186. The third-order valence-electron chi connectivity index (χ3n) is 5.83. The molecule has 1 heterocycles. The maximum atomic E-state index is 6.66. The van der Waals surface area contributed by atoms with Crippen molar-refractivity contribution in [1.82, 2.24) is 0 Å². The van der Waals surface area contributed by atoms with E-state index in [4.69, 9.17) is 18.3 Å². The van der Waals surface area contributed by atoms with E-state index in [1.807, 2.05) is 0 Å². The summed E-state index contributed by atoms with van der Waals surface area (Å²) < 4.78 is 26.5. The largest absolute Gasteiger partial charge is 0.545 e. The molecule has 4 aliphatic carbocycles. The Morgan fingerprint density at radius 3 is 1.32 bits per heavy atom. The highest BCUT2D eigenvalue weighted by Gasteiger charge is 2.75. The van der Waals surface area contributed by atoms with Gasteiger partial charge in [0.05, 0.1) is 0 Å². The monoisotopic (exact) mass is 382 g/mol. The molecule has 5 rings (SSSR count). The Labute approximate surface area is 154 Å². The molecule has 0 radical (unpaired) electrons. The number of hydrogen-bond acceptors (Lipinski definition) is 4. The van der Waals surface area contributed by atoms with Crippen molar-refractivity contribution in [3.8, 4) is 0 Å². The summed E-state index contributed by atoms with van der Waals surface area (Å²) in [7, 11) is -3.42. The maximum Gasteiger partial charge on any atom is 0.241 e. The van der Waals surface area contributed by atoms with Gasteiger partial charge in [0, 0.05) is 11.8 Å². The van der Waals surface area contributed by atoms with Crippen molar-refractivity contribution >= 4 is 16.6 Å². The molecule has 25 heavy (non-hydrogen) atoms. The lowest BCUT2D eigenvalue weighted by Gasteiger charge is -2.31. The SMILES string of the molecule is CC1(C)OC23CC4CC2(CC(C3)C(O[Si](C)(C)C)=C4O[Si](C)(C)C)O1. The Morgan fingerprint density at radius 2 is 1.04 bits per heavy atom. The van der Waals surface area contributed by atoms with Crippen molar-refractivity contribution in [2.75, 3.05) is 0 Å². The minimum atomic E-state index is -1.71. The van der Waals surface area contributed by atoms with E-state index < -0.39 is 22.4 Å². The quantitative estimate of drug-likeness (QED) is 0.642. The minimum Gasteiger partial charge on any atom is -0.545 e. The number of rotatable bonds is 4. The van der Waals surface area contributed by atoms with Crippen LogP contribution in [0.3, 0.4) is 0 Å². The second-order valence-corrected chi connectivity index (χ2v) is 19.8. The molecular formula is C19H34O4Si2. The van der Waals surface area contributed by atoms with E-state index in [0.717, 1.165) is 37.2 Å². The molecule has 0 unspecified atom stereocenters. The van der Waals surface area contributed by atoms with Crippen LogP contribution in [0, 0.1) is 11.8 Å². The summed E-state index contributed by atoms with van der Waals surface area (Å²) in [4.78, 5) is 0. The molecule has 0 aromatic carbocycles. The molecule has 6 heteroatoms. The van der Waals surface area contributed by atoms with E-state index >= 15 is 0 Å². The molecule has 1 saturated heterocycles. The van der Waals surface area contributed by atoms with Crippen LogP contribution in [-0.2, 0) is 18.3 Å². The van der Waals surface area contributed by atoms with Gasteiger partial charge in [-0.15, -0.1) is 0 Å². The molecule has 4 bridgehead atoms. The molecule has 4 nitrogen and oxygen atoms in total. The van der Waals surface area contributed by atoms with Gasteiger partial charge in [-0.3, -0.25) is 0 Å². The van der Waals surface area contributed by atoms with E-state index in [2.05, 4.69) is 53.1 Å². The van der Waals surface area contributed by atoms with Crippen LogP contribution in [0.1, 0.15) is 39.5 Å². The fourth-order valence-corrected chi connectivity index (χ4v) is 7.52. The highest BCUT2D eigenvalue weighted by atomic mass is 28.4. The molecule has 0 aromatic heterocycles. The van der Waals surface area contributed by atoms with Crippen LogP contribution in [0.2, 0.25) is 39.3 Å². The molecule has 0 atom stereocenters. The van der Waals surface area contributed by atoms with E-state index in [1.54, 1.807) is 0 Å². The summed E-state index contributed by atoms with van der Waals surface area (Å²) in [6.45, 7) is 17.7.